The van der Waals surface area contributed by atoms with Gasteiger partial charge in [0.1, 0.15) is 6.26 Å². The van der Waals surface area contributed by atoms with E-state index < -0.39 is 10.9 Å². The fourth-order valence-corrected chi connectivity index (χ4v) is 1.55. The van der Waals surface area contributed by atoms with Gasteiger partial charge in [0.05, 0.1) is 17.6 Å². The minimum Gasteiger partial charge on any atom is -0.490 e. The molecule has 0 fully saturated rings. The molecule has 2 aromatic rings. The predicted molar refractivity (Wildman–Crippen MR) is 62.1 cm³/mol. The largest absolute Gasteiger partial charge is 0.490 e. The second-order valence-electron chi connectivity index (χ2n) is 3.46. The molecule has 0 radical (unpaired) electrons. The van der Waals surface area contributed by atoms with Crippen LogP contribution in [0.25, 0.3) is 11.5 Å². The number of nitro groups is 1. The number of aromatic nitrogens is 1. The minimum absolute atomic E-state index is 0.0358. The zero-order valence-electron chi connectivity index (χ0n) is 9.69. The third-order valence-corrected chi connectivity index (χ3v) is 2.35. The first kappa shape index (κ1) is 12.6. The van der Waals surface area contributed by atoms with E-state index in [1.165, 1.54) is 25.3 Å². The van der Waals surface area contributed by atoms with E-state index in [4.69, 9.17) is 14.3 Å². The number of oxazole rings is 1. The minimum atomic E-state index is -1.25. The number of carboxylic acid groups (broad SMARTS) is 1. The van der Waals surface area contributed by atoms with Crippen molar-refractivity contribution >= 4 is 11.7 Å². The average molecular weight is 264 g/mol. The standard InChI is InChI=1S/C11H8N2O6/c1-18-9-6(3-2-4-8(9)13(16)17)10-12-7(5-19-10)11(14)15/h2-5H,1H3,(H,14,15). The topological polar surface area (TPSA) is 116 Å². The molecule has 19 heavy (non-hydrogen) atoms. The zero-order valence-corrected chi connectivity index (χ0v) is 9.69. The van der Waals surface area contributed by atoms with Crippen LogP contribution in [0.4, 0.5) is 5.69 Å². The Morgan fingerprint density at radius 1 is 1.53 bits per heavy atom. The number of ether oxygens (including phenoxy) is 1. The van der Waals surface area contributed by atoms with Crippen molar-refractivity contribution in [3.8, 4) is 17.2 Å². The average Bonchev–Trinajstić information content (AvgIpc) is 2.87. The van der Waals surface area contributed by atoms with Crippen molar-refractivity contribution in [2.24, 2.45) is 0 Å². The van der Waals surface area contributed by atoms with Crippen LogP contribution in [0.3, 0.4) is 0 Å². The highest BCUT2D eigenvalue weighted by Gasteiger charge is 2.22. The number of nitro benzene ring substituents is 1. The predicted octanol–water partition coefficient (Wildman–Crippen LogP) is 1.96. The SMILES string of the molecule is COc1c(-c2nc(C(=O)O)co2)cccc1[N+](=O)[O-]. The molecule has 98 valence electrons. The van der Waals surface area contributed by atoms with E-state index in [2.05, 4.69) is 4.98 Å². The number of hydrogen-bond acceptors (Lipinski definition) is 6. The number of benzene rings is 1. The van der Waals surface area contributed by atoms with Gasteiger partial charge in [0.25, 0.3) is 0 Å². The van der Waals surface area contributed by atoms with E-state index in [-0.39, 0.29) is 28.6 Å². The van der Waals surface area contributed by atoms with Crippen LogP contribution in [0.2, 0.25) is 0 Å². The van der Waals surface area contributed by atoms with Gasteiger partial charge in [0.15, 0.2) is 5.69 Å². The monoisotopic (exact) mass is 264 g/mol. The molecule has 1 N–H and O–H groups in total. The number of methoxy groups -OCH3 is 1. The quantitative estimate of drug-likeness (QED) is 0.662. The van der Waals surface area contributed by atoms with Crippen molar-refractivity contribution in [3.05, 3.63) is 40.3 Å². The van der Waals surface area contributed by atoms with Gasteiger partial charge in [-0.2, -0.15) is 0 Å². The fraction of sp³-hybridized carbons (Fsp3) is 0.0909. The van der Waals surface area contributed by atoms with Crippen molar-refractivity contribution < 1.29 is 24.0 Å². The van der Waals surface area contributed by atoms with Crippen LogP contribution in [0.15, 0.2) is 28.9 Å². The summed E-state index contributed by atoms with van der Waals surface area (Å²) >= 11 is 0. The first-order valence-electron chi connectivity index (χ1n) is 5.05. The second kappa shape index (κ2) is 4.77. The first-order chi connectivity index (χ1) is 9.04. The molecule has 0 amide bonds. The summed E-state index contributed by atoms with van der Waals surface area (Å²) < 4.78 is 9.97. The highest BCUT2D eigenvalue weighted by Crippen LogP contribution is 2.36. The molecule has 0 saturated heterocycles. The highest BCUT2D eigenvalue weighted by molar-refractivity contribution is 5.85. The number of aromatic carboxylic acids is 1. The fourth-order valence-electron chi connectivity index (χ4n) is 1.55. The summed E-state index contributed by atoms with van der Waals surface area (Å²) in [6, 6.07) is 4.19. The molecule has 0 aliphatic rings. The van der Waals surface area contributed by atoms with Gasteiger partial charge in [-0.15, -0.1) is 0 Å². The lowest BCUT2D eigenvalue weighted by atomic mass is 10.1. The summed E-state index contributed by atoms with van der Waals surface area (Å²) in [5, 5.41) is 19.6. The van der Waals surface area contributed by atoms with Crippen molar-refractivity contribution in [3.63, 3.8) is 0 Å². The zero-order chi connectivity index (χ0) is 14.0. The van der Waals surface area contributed by atoms with Crippen molar-refractivity contribution in [2.45, 2.75) is 0 Å². The van der Waals surface area contributed by atoms with Gasteiger partial charge in [0.2, 0.25) is 11.6 Å². The Kier molecular flexibility index (Phi) is 3.15. The van der Waals surface area contributed by atoms with E-state index in [9.17, 15) is 14.9 Å². The van der Waals surface area contributed by atoms with Gasteiger partial charge < -0.3 is 14.3 Å². The van der Waals surface area contributed by atoms with E-state index in [1.54, 1.807) is 0 Å². The number of carboxylic acids is 1. The molecule has 1 aromatic heterocycles. The Morgan fingerprint density at radius 3 is 2.79 bits per heavy atom. The molecule has 0 aliphatic heterocycles. The summed E-state index contributed by atoms with van der Waals surface area (Å²) in [6.07, 6.45) is 0.954. The summed E-state index contributed by atoms with van der Waals surface area (Å²) in [6.45, 7) is 0. The molecular weight excluding hydrogens is 256 g/mol. The van der Waals surface area contributed by atoms with Gasteiger partial charge >= 0.3 is 11.7 Å². The number of nitrogens with zero attached hydrogens (tertiary/aromatic N) is 2. The Hall–Kier alpha value is -2.90. The molecule has 0 atom stereocenters. The normalized spacial score (nSPS) is 10.2. The van der Waals surface area contributed by atoms with E-state index >= 15 is 0 Å². The Labute approximate surface area is 106 Å². The van der Waals surface area contributed by atoms with Gasteiger partial charge in [-0.1, -0.05) is 6.07 Å². The summed E-state index contributed by atoms with van der Waals surface area (Å²) in [5.74, 6) is -1.34. The lowest BCUT2D eigenvalue weighted by molar-refractivity contribution is -0.385. The molecule has 0 aliphatic carbocycles. The third kappa shape index (κ3) is 2.23. The maximum Gasteiger partial charge on any atom is 0.357 e. The van der Waals surface area contributed by atoms with E-state index in [1.807, 2.05) is 0 Å². The third-order valence-electron chi connectivity index (χ3n) is 2.35. The van der Waals surface area contributed by atoms with Crippen LogP contribution in [0.1, 0.15) is 10.5 Å². The lowest BCUT2D eigenvalue weighted by Crippen LogP contribution is -1.97. The summed E-state index contributed by atoms with van der Waals surface area (Å²) in [4.78, 5) is 24.7. The number of carbonyl (C=O) groups is 1. The molecule has 1 heterocycles. The molecular formula is C11H8N2O6. The summed E-state index contributed by atoms with van der Waals surface area (Å²) in [7, 11) is 1.27. The Morgan fingerprint density at radius 2 is 2.26 bits per heavy atom. The molecule has 0 spiro atoms. The van der Waals surface area contributed by atoms with Crippen LogP contribution >= 0.6 is 0 Å². The van der Waals surface area contributed by atoms with Gasteiger partial charge in [-0.05, 0) is 6.07 Å². The van der Waals surface area contributed by atoms with Crippen molar-refractivity contribution in [1.82, 2.24) is 4.98 Å². The van der Waals surface area contributed by atoms with Gasteiger partial charge in [-0.3, -0.25) is 10.1 Å². The summed E-state index contributed by atoms with van der Waals surface area (Å²) in [5.41, 5.74) is -0.331. The van der Waals surface area contributed by atoms with Crippen LogP contribution in [-0.2, 0) is 0 Å². The lowest BCUT2D eigenvalue weighted by Gasteiger charge is -2.05. The van der Waals surface area contributed by atoms with Crippen molar-refractivity contribution in [2.75, 3.05) is 7.11 Å². The van der Waals surface area contributed by atoms with E-state index in [0.29, 0.717) is 0 Å². The molecule has 1 aromatic carbocycles. The van der Waals surface area contributed by atoms with Gasteiger partial charge in [0, 0.05) is 6.07 Å². The van der Waals surface area contributed by atoms with Crippen LogP contribution < -0.4 is 4.74 Å². The van der Waals surface area contributed by atoms with Crippen LogP contribution in [-0.4, -0.2) is 28.1 Å². The van der Waals surface area contributed by atoms with E-state index in [0.717, 1.165) is 6.26 Å². The van der Waals surface area contributed by atoms with Crippen LogP contribution in [0.5, 0.6) is 5.75 Å². The maximum absolute atomic E-state index is 10.9. The second-order valence-corrected chi connectivity index (χ2v) is 3.46. The molecule has 0 saturated carbocycles. The molecule has 0 bridgehead atoms. The maximum atomic E-state index is 10.9. The molecule has 8 nitrogen and oxygen atoms in total. The number of hydrogen-bond donors (Lipinski definition) is 1. The Bertz CT molecular complexity index is 648. The number of rotatable bonds is 4. The first-order valence-corrected chi connectivity index (χ1v) is 5.05. The molecule has 0 unspecified atom stereocenters. The molecule has 8 heteroatoms. The Balaban J connectivity index is 2.58. The van der Waals surface area contributed by atoms with Crippen LogP contribution in [0, 0.1) is 10.1 Å². The van der Waals surface area contributed by atoms with Crippen molar-refractivity contribution in [1.29, 1.82) is 0 Å². The smallest absolute Gasteiger partial charge is 0.357 e. The highest BCUT2D eigenvalue weighted by atomic mass is 16.6. The number of para-hydroxylation sites is 1. The molecule has 2 rings (SSSR count). The van der Waals surface area contributed by atoms with Gasteiger partial charge in [-0.25, -0.2) is 9.78 Å².